The molecule has 2 heteroatoms. The van der Waals surface area contributed by atoms with E-state index in [1.54, 1.807) is 0 Å². The number of rotatable bonds is 9. The molecular formula is C22H31NO. The van der Waals surface area contributed by atoms with Gasteiger partial charge in [0, 0.05) is 6.61 Å². The third-order valence-electron chi connectivity index (χ3n) is 5.07. The maximum absolute atomic E-state index is 8.88. The van der Waals surface area contributed by atoms with Crippen LogP contribution in [0.3, 0.4) is 0 Å². The molecule has 0 bridgehead atoms. The summed E-state index contributed by atoms with van der Waals surface area (Å²) in [7, 11) is 0. The Bertz CT molecular complexity index is 518. The van der Waals surface area contributed by atoms with E-state index in [1.807, 2.05) is 12.1 Å². The first kappa shape index (κ1) is 18.7. The van der Waals surface area contributed by atoms with Gasteiger partial charge in [0.15, 0.2) is 0 Å². The average Bonchev–Trinajstić information content (AvgIpc) is 2.64. The van der Waals surface area contributed by atoms with E-state index in [4.69, 9.17) is 10.00 Å². The zero-order chi connectivity index (χ0) is 17.0. The van der Waals surface area contributed by atoms with Crippen LogP contribution in [-0.4, -0.2) is 13.2 Å². The Kier molecular flexibility index (Phi) is 8.63. The molecule has 24 heavy (non-hydrogen) atoms. The van der Waals surface area contributed by atoms with Crippen LogP contribution in [0, 0.1) is 17.2 Å². The van der Waals surface area contributed by atoms with E-state index < -0.39 is 0 Å². The standard InChI is InChI=1S/C22H31NO/c1-2-3-4-5-6-7-16-24-18-20-10-14-22(15-11-20)21-12-8-19(17-23)9-13-21/h6-9,12-13,20,22H,2-5,10-11,14-16,18H2,1H3/b7-6+. The van der Waals surface area contributed by atoms with Gasteiger partial charge in [-0.05, 0) is 68.1 Å². The largest absolute Gasteiger partial charge is 0.377 e. The fourth-order valence-corrected chi connectivity index (χ4v) is 3.49. The number of unbranched alkanes of at least 4 members (excludes halogenated alkanes) is 3. The van der Waals surface area contributed by atoms with E-state index in [0.717, 1.165) is 18.8 Å². The number of nitrogens with zero attached hydrogens (tertiary/aromatic N) is 1. The maximum atomic E-state index is 8.88. The Balaban J connectivity index is 1.60. The van der Waals surface area contributed by atoms with Crippen LogP contribution >= 0.6 is 0 Å². The van der Waals surface area contributed by atoms with Gasteiger partial charge >= 0.3 is 0 Å². The van der Waals surface area contributed by atoms with E-state index in [-0.39, 0.29) is 0 Å². The van der Waals surface area contributed by atoms with Crippen molar-refractivity contribution in [3.05, 3.63) is 47.5 Å². The predicted octanol–water partition coefficient (Wildman–Crippen LogP) is 5.99. The van der Waals surface area contributed by atoms with Crippen molar-refractivity contribution in [3.8, 4) is 6.07 Å². The van der Waals surface area contributed by atoms with Crippen LogP contribution in [0.1, 0.15) is 75.3 Å². The zero-order valence-corrected chi connectivity index (χ0v) is 15.0. The van der Waals surface area contributed by atoms with Crippen molar-refractivity contribution in [2.75, 3.05) is 13.2 Å². The lowest BCUT2D eigenvalue weighted by atomic mass is 9.79. The van der Waals surface area contributed by atoms with Crippen LogP contribution in [0.2, 0.25) is 0 Å². The van der Waals surface area contributed by atoms with Gasteiger partial charge in [0.05, 0.1) is 18.2 Å². The van der Waals surface area contributed by atoms with E-state index in [1.165, 1.54) is 56.9 Å². The predicted molar refractivity (Wildman–Crippen MR) is 100.0 cm³/mol. The molecule has 130 valence electrons. The second kappa shape index (κ2) is 11.0. The topological polar surface area (TPSA) is 33.0 Å². The first-order chi connectivity index (χ1) is 11.8. The quantitative estimate of drug-likeness (QED) is 0.413. The molecule has 0 heterocycles. The first-order valence-electron chi connectivity index (χ1n) is 9.56. The van der Waals surface area contributed by atoms with E-state index in [9.17, 15) is 0 Å². The lowest BCUT2D eigenvalue weighted by Crippen LogP contribution is -2.18. The molecule has 0 aliphatic heterocycles. The van der Waals surface area contributed by atoms with Crippen molar-refractivity contribution >= 4 is 0 Å². The molecule has 0 N–H and O–H groups in total. The molecular weight excluding hydrogens is 294 g/mol. The minimum atomic E-state index is 0.660. The van der Waals surface area contributed by atoms with Gasteiger partial charge in [-0.2, -0.15) is 5.26 Å². The van der Waals surface area contributed by atoms with Crippen molar-refractivity contribution in [1.82, 2.24) is 0 Å². The van der Waals surface area contributed by atoms with Crippen LogP contribution < -0.4 is 0 Å². The van der Waals surface area contributed by atoms with Crippen molar-refractivity contribution in [3.63, 3.8) is 0 Å². The summed E-state index contributed by atoms with van der Waals surface area (Å²) in [5.74, 6) is 1.38. The third-order valence-corrected chi connectivity index (χ3v) is 5.07. The highest BCUT2D eigenvalue weighted by Crippen LogP contribution is 2.35. The Hall–Kier alpha value is -1.59. The maximum Gasteiger partial charge on any atom is 0.0991 e. The summed E-state index contributed by atoms with van der Waals surface area (Å²) in [6, 6.07) is 10.3. The highest BCUT2D eigenvalue weighted by Gasteiger charge is 2.22. The lowest BCUT2D eigenvalue weighted by Gasteiger charge is -2.28. The molecule has 2 nitrogen and oxygen atoms in total. The van der Waals surface area contributed by atoms with Crippen molar-refractivity contribution in [2.45, 2.75) is 64.2 Å². The van der Waals surface area contributed by atoms with Gasteiger partial charge in [0.1, 0.15) is 0 Å². The molecule has 0 atom stereocenters. The van der Waals surface area contributed by atoms with Crippen molar-refractivity contribution in [2.24, 2.45) is 5.92 Å². The zero-order valence-electron chi connectivity index (χ0n) is 15.0. The molecule has 2 rings (SSSR count). The number of benzene rings is 1. The van der Waals surface area contributed by atoms with Crippen LogP contribution in [0.25, 0.3) is 0 Å². The summed E-state index contributed by atoms with van der Waals surface area (Å²) >= 11 is 0. The number of allylic oxidation sites excluding steroid dienone is 1. The fraction of sp³-hybridized carbons (Fsp3) is 0.591. The molecule has 0 aromatic heterocycles. The van der Waals surface area contributed by atoms with Gasteiger partial charge in [0.25, 0.3) is 0 Å². The van der Waals surface area contributed by atoms with Crippen LogP contribution in [0.5, 0.6) is 0 Å². The number of ether oxygens (including phenoxy) is 1. The molecule has 1 aromatic carbocycles. The normalized spacial score (nSPS) is 21.0. The van der Waals surface area contributed by atoms with Crippen molar-refractivity contribution in [1.29, 1.82) is 5.26 Å². The van der Waals surface area contributed by atoms with Gasteiger partial charge < -0.3 is 4.74 Å². The van der Waals surface area contributed by atoms with E-state index in [2.05, 4.69) is 37.3 Å². The third kappa shape index (κ3) is 6.49. The molecule has 0 spiro atoms. The van der Waals surface area contributed by atoms with Gasteiger partial charge in [-0.1, -0.05) is 44.1 Å². The molecule has 1 aromatic rings. The Morgan fingerprint density at radius 3 is 2.50 bits per heavy atom. The van der Waals surface area contributed by atoms with Crippen LogP contribution in [-0.2, 0) is 4.74 Å². The molecule has 0 unspecified atom stereocenters. The lowest BCUT2D eigenvalue weighted by molar-refractivity contribution is 0.102. The monoisotopic (exact) mass is 325 g/mol. The van der Waals surface area contributed by atoms with Gasteiger partial charge in [-0.15, -0.1) is 0 Å². The number of hydrogen-bond donors (Lipinski definition) is 0. The average molecular weight is 325 g/mol. The molecule has 0 radical (unpaired) electrons. The van der Waals surface area contributed by atoms with Gasteiger partial charge in [-0.25, -0.2) is 0 Å². The minimum absolute atomic E-state index is 0.660. The Labute approximate surface area is 147 Å². The van der Waals surface area contributed by atoms with Crippen LogP contribution in [0.15, 0.2) is 36.4 Å². The Morgan fingerprint density at radius 1 is 1.08 bits per heavy atom. The molecule has 1 aliphatic carbocycles. The molecule has 0 saturated heterocycles. The van der Waals surface area contributed by atoms with E-state index >= 15 is 0 Å². The van der Waals surface area contributed by atoms with E-state index in [0.29, 0.717) is 11.8 Å². The fourth-order valence-electron chi connectivity index (χ4n) is 3.49. The molecule has 1 saturated carbocycles. The highest BCUT2D eigenvalue weighted by molar-refractivity contribution is 5.33. The summed E-state index contributed by atoms with van der Waals surface area (Å²) in [4.78, 5) is 0. The van der Waals surface area contributed by atoms with Crippen LogP contribution in [0.4, 0.5) is 0 Å². The summed E-state index contributed by atoms with van der Waals surface area (Å²) in [6.07, 6.45) is 14.5. The molecule has 1 aliphatic rings. The van der Waals surface area contributed by atoms with Gasteiger partial charge in [0.2, 0.25) is 0 Å². The van der Waals surface area contributed by atoms with Crippen molar-refractivity contribution < 1.29 is 4.74 Å². The first-order valence-corrected chi connectivity index (χ1v) is 9.56. The highest BCUT2D eigenvalue weighted by atomic mass is 16.5. The number of hydrogen-bond acceptors (Lipinski definition) is 2. The second-order valence-corrected chi connectivity index (χ2v) is 6.96. The summed E-state index contributed by atoms with van der Waals surface area (Å²) in [6.45, 7) is 3.91. The SMILES string of the molecule is CCCCC/C=C/COCC1CCC(c2ccc(C#N)cc2)CC1. The molecule has 1 fully saturated rings. The summed E-state index contributed by atoms with van der Waals surface area (Å²) < 4.78 is 5.83. The summed E-state index contributed by atoms with van der Waals surface area (Å²) in [5.41, 5.74) is 2.15. The Morgan fingerprint density at radius 2 is 1.83 bits per heavy atom. The number of nitriles is 1. The smallest absolute Gasteiger partial charge is 0.0991 e. The second-order valence-electron chi connectivity index (χ2n) is 6.96. The summed E-state index contributed by atoms with van der Waals surface area (Å²) in [5, 5.41) is 8.88. The minimum Gasteiger partial charge on any atom is -0.377 e. The van der Waals surface area contributed by atoms with Gasteiger partial charge in [-0.3, -0.25) is 0 Å². The molecule has 0 amide bonds.